The first-order valence-corrected chi connectivity index (χ1v) is 7.77. The van der Waals surface area contributed by atoms with Crippen LogP contribution in [0.15, 0.2) is 48.8 Å². The van der Waals surface area contributed by atoms with Crippen molar-refractivity contribution in [2.24, 2.45) is 0 Å². The van der Waals surface area contributed by atoms with Gasteiger partial charge in [-0.25, -0.2) is 0 Å². The lowest BCUT2D eigenvalue weighted by atomic mass is 9.93. The Balaban J connectivity index is 2.40. The van der Waals surface area contributed by atoms with E-state index in [4.69, 9.17) is 16.2 Å². The van der Waals surface area contributed by atoms with Crippen molar-refractivity contribution in [3.05, 3.63) is 70.7 Å². The van der Waals surface area contributed by atoms with E-state index in [-0.39, 0.29) is 0 Å². The maximum atomic E-state index is 12.5. The zero-order chi connectivity index (χ0) is 15.5. The third-order valence-corrected chi connectivity index (χ3v) is 3.65. The van der Waals surface area contributed by atoms with Crippen LogP contribution < -0.4 is 0 Å². The number of ketones is 1. The Morgan fingerprint density at radius 3 is 2.24 bits per heavy atom. The molecule has 1 aromatic heterocycles. The summed E-state index contributed by atoms with van der Waals surface area (Å²) in [6.45, 7) is 0. The second kappa shape index (κ2) is 6.34. The molecule has 1 radical (unpaired) electrons. The predicted octanol–water partition coefficient (Wildman–Crippen LogP) is 2.75. The van der Waals surface area contributed by atoms with E-state index in [0.29, 0.717) is 21.9 Å². The van der Waals surface area contributed by atoms with Gasteiger partial charge in [0, 0.05) is 23.0 Å². The van der Waals surface area contributed by atoms with Gasteiger partial charge in [0.2, 0.25) is 0 Å². The molecular weight excluding hydrogens is 314 g/mol. The van der Waals surface area contributed by atoms with Crippen LogP contribution in [0.25, 0.3) is 0 Å². The molecule has 1 atom stereocenters. The number of hydrogen-bond donors (Lipinski definition) is 1. The summed E-state index contributed by atoms with van der Waals surface area (Å²) >= 11 is 5.76. The van der Waals surface area contributed by atoms with Crippen LogP contribution in [0.3, 0.4) is 0 Å². The summed E-state index contributed by atoms with van der Waals surface area (Å²) in [7, 11) is -4.42. The Kier molecular flexibility index (Phi) is 4.72. The lowest BCUT2D eigenvalue weighted by molar-refractivity contribution is 0.0973. The molecule has 0 aliphatic carbocycles. The number of benzene rings is 1. The monoisotopic (exact) mass is 324 g/mol. The average molecular weight is 325 g/mol. The van der Waals surface area contributed by atoms with Crippen LogP contribution in [0.2, 0.25) is 5.02 Å². The Morgan fingerprint density at radius 1 is 1.14 bits per heavy atom. The van der Waals surface area contributed by atoms with Gasteiger partial charge in [-0.05, 0) is 42.0 Å². The second-order valence-electron chi connectivity index (χ2n) is 4.28. The highest BCUT2D eigenvalue weighted by molar-refractivity contribution is 7.87. The van der Waals surface area contributed by atoms with Gasteiger partial charge in [0.15, 0.2) is 5.78 Å². The standard InChI is InChI=1S/C14H11ClNO4S/c15-12-3-1-11(2-4-12)14(17)13(9-21(18,19)20)10-5-7-16-8-6-10/h1-9,13H,(H,18,19,20). The van der Waals surface area contributed by atoms with Gasteiger partial charge < -0.3 is 0 Å². The second-order valence-corrected chi connectivity index (χ2v) is 6.02. The van der Waals surface area contributed by atoms with Crippen LogP contribution in [0.1, 0.15) is 21.8 Å². The van der Waals surface area contributed by atoms with E-state index in [2.05, 4.69) is 4.98 Å². The van der Waals surface area contributed by atoms with Gasteiger partial charge in [0.25, 0.3) is 10.1 Å². The fourth-order valence-electron chi connectivity index (χ4n) is 1.83. The summed E-state index contributed by atoms with van der Waals surface area (Å²) in [6.07, 6.45) is 2.88. The van der Waals surface area contributed by atoms with Crippen molar-refractivity contribution in [1.82, 2.24) is 4.98 Å². The summed E-state index contributed by atoms with van der Waals surface area (Å²) in [5, 5.41) is 0.464. The molecule has 1 heterocycles. The number of Topliss-reactive ketones (excluding diaryl/α,β-unsaturated/α-hetero) is 1. The summed E-state index contributed by atoms with van der Waals surface area (Å²) in [5.74, 6) is -0.973. The van der Waals surface area contributed by atoms with Gasteiger partial charge in [0.1, 0.15) is 5.75 Å². The topological polar surface area (TPSA) is 84.3 Å². The molecule has 2 rings (SSSR count). The number of carbonyl (C=O) groups is 1. The first kappa shape index (κ1) is 15.6. The van der Waals surface area contributed by atoms with Crippen molar-refractivity contribution >= 4 is 27.5 Å². The van der Waals surface area contributed by atoms with Gasteiger partial charge in [-0.15, -0.1) is 0 Å². The fraction of sp³-hybridized carbons (Fsp3) is 0.0714. The van der Waals surface area contributed by atoms with Crippen LogP contribution in [0.4, 0.5) is 0 Å². The molecule has 1 N–H and O–H groups in total. The highest BCUT2D eigenvalue weighted by Gasteiger charge is 2.27. The summed E-state index contributed by atoms with van der Waals surface area (Å²) < 4.78 is 31.2. The minimum Gasteiger partial charge on any atom is -0.293 e. The summed E-state index contributed by atoms with van der Waals surface area (Å²) in [6, 6.07) is 9.09. The molecule has 109 valence electrons. The van der Waals surface area contributed by atoms with Crippen LogP contribution in [-0.2, 0) is 10.1 Å². The lowest BCUT2D eigenvalue weighted by Gasteiger charge is -2.14. The smallest absolute Gasteiger partial charge is 0.270 e. The van der Waals surface area contributed by atoms with E-state index < -0.39 is 21.8 Å². The van der Waals surface area contributed by atoms with Gasteiger partial charge in [0.05, 0.1) is 5.92 Å². The zero-order valence-electron chi connectivity index (χ0n) is 10.7. The molecule has 2 aromatic rings. The molecule has 7 heteroatoms. The molecule has 0 spiro atoms. The molecule has 0 saturated carbocycles. The van der Waals surface area contributed by atoms with Gasteiger partial charge in [-0.2, -0.15) is 8.42 Å². The molecule has 1 unspecified atom stereocenters. The van der Waals surface area contributed by atoms with Crippen molar-refractivity contribution in [3.63, 3.8) is 0 Å². The van der Waals surface area contributed by atoms with E-state index in [1.54, 1.807) is 0 Å². The van der Waals surface area contributed by atoms with Crippen LogP contribution in [0, 0.1) is 5.75 Å². The van der Waals surface area contributed by atoms with Crippen molar-refractivity contribution < 1.29 is 17.8 Å². The third-order valence-electron chi connectivity index (χ3n) is 2.78. The maximum Gasteiger partial charge on any atom is 0.270 e. The van der Waals surface area contributed by atoms with Gasteiger partial charge in [-0.3, -0.25) is 14.3 Å². The number of nitrogens with zero attached hydrogens (tertiary/aromatic N) is 1. The van der Waals surface area contributed by atoms with E-state index >= 15 is 0 Å². The number of rotatable bonds is 5. The number of pyridine rings is 1. The molecule has 0 aliphatic rings. The van der Waals surface area contributed by atoms with Gasteiger partial charge >= 0.3 is 0 Å². The molecule has 0 fully saturated rings. The van der Waals surface area contributed by atoms with E-state index in [1.165, 1.54) is 48.8 Å². The number of halogens is 1. The Labute approximate surface area is 127 Å². The molecule has 0 aliphatic heterocycles. The van der Waals surface area contributed by atoms with E-state index in [0.717, 1.165) is 0 Å². The number of aromatic nitrogens is 1. The van der Waals surface area contributed by atoms with Crippen LogP contribution in [0.5, 0.6) is 0 Å². The van der Waals surface area contributed by atoms with Crippen molar-refractivity contribution in [2.45, 2.75) is 5.92 Å². The number of carbonyl (C=O) groups excluding carboxylic acids is 1. The van der Waals surface area contributed by atoms with Gasteiger partial charge in [-0.1, -0.05) is 11.6 Å². The normalized spacial score (nSPS) is 12.9. The van der Waals surface area contributed by atoms with Crippen molar-refractivity contribution in [2.75, 3.05) is 0 Å². The number of hydrogen-bond acceptors (Lipinski definition) is 4. The molecule has 21 heavy (non-hydrogen) atoms. The zero-order valence-corrected chi connectivity index (χ0v) is 12.3. The molecule has 0 bridgehead atoms. The van der Waals surface area contributed by atoms with Crippen LogP contribution >= 0.6 is 11.6 Å². The quantitative estimate of drug-likeness (QED) is 0.675. The molecule has 1 aromatic carbocycles. The summed E-state index contributed by atoms with van der Waals surface area (Å²) in [4.78, 5) is 16.3. The van der Waals surface area contributed by atoms with E-state index in [9.17, 15) is 13.2 Å². The largest absolute Gasteiger partial charge is 0.293 e. The molecule has 0 saturated heterocycles. The molecular formula is C14H11ClNO4S. The Bertz CT molecular complexity index is 729. The fourth-order valence-corrected chi connectivity index (χ4v) is 2.58. The summed E-state index contributed by atoms with van der Waals surface area (Å²) in [5.41, 5.74) is 0.712. The first-order chi connectivity index (χ1) is 9.87. The van der Waals surface area contributed by atoms with Crippen molar-refractivity contribution in [1.29, 1.82) is 0 Å². The average Bonchev–Trinajstić information content (AvgIpc) is 2.45. The lowest BCUT2D eigenvalue weighted by Crippen LogP contribution is -2.18. The SMILES string of the molecule is O=C(c1ccc(Cl)cc1)C([CH]S(=O)(=O)O)c1ccncc1. The highest BCUT2D eigenvalue weighted by Crippen LogP contribution is 2.26. The molecule has 5 nitrogen and oxygen atoms in total. The first-order valence-electron chi connectivity index (χ1n) is 5.89. The molecule has 0 amide bonds. The maximum absolute atomic E-state index is 12.5. The Morgan fingerprint density at radius 2 is 1.71 bits per heavy atom. The predicted molar refractivity (Wildman–Crippen MR) is 78.6 cm³/mol. The van der Waals surface area contributed by atoms with E-state index in [1.807, 2.05) is 0 Å². The third kappa shape index (κ3) is 4.35. The minimum atomic E-state index is -4.42. The minimum absolute atomic E-state index is 0.293. The van der Waals surface area contributed by atoms with Crippen LogP contribution in [-0.4, -0.2) is 23.7 Å². The Hall–Kier alpha value is -1.76. The highest BCUT2D eigenvalue weighted by atomic mass is 35.5. The van der Waals surface area contributed by atoms with Crippen molar-refractivity contribution in [3.8, 4) is 0 Å².